The van der Waals surface area contributed by atoms with Gasteiger partial charge in [-0.1, -0.05) is 0 Å². The van der Waals surface area contributed by atoms with Gasteiger partial charge in [-0.2, -0.15) is 0 Å². The molecule has 1 fully saturated rings. The Balaban J connectivity index is 2.70. The molecule has 0 saturated carbocycles. The third kappa shape index (κ3) is 3.10. The molecule has 1 saturated heterocycles. The minimum Gasteiger partial charge on any atom is -0.480 e. The van der Waals surface area contributed by atoms with E-state index in [4.69, 9.17) is 5.11 Å². The van der Waals surface area contributed by atoms with E-state index in [0.29, 0.717) is 0 Å². The Bertz CT molecular complexity index is 358. The third-order valence-electron chi connectivity index (χ3n) is 2.73. The number of carboxylic acid groups (broad SMARTS) is 1. The molecule has 0 aromatic carbocycles. The average molecular weight is 260 g/mol. The number of likely N-dealkylation sites (tertiary alicyclic amines) is 1. The number of hydrogen-bond donors (Lipinski definition) is 2. The van der Waals surface area contributed by atoms with Gasteiger partial charge in [0.05, 0.1) is 13.2 Å². The van der Waals surface area contributed by atoms with Crippen molar-refractivity contribution in [3.63, 3.8) is 0 Å². The van der Waals surface area contributed by atoms with E-state index in [2.05, 4.69) is 4.74 Å². The number of hydrogen-bond acceptors (Lipinski definition) is 5. The first-order valence-corrected chi connectivity index (χ1v) is 5.36. The summed E-state index contributed by atoms with van der Waals surface area (Å²) in [5, 5.41) is 18.4. The van der Waals surface area contributed by atoms with Crippen molar-refractivity contribution in [2.45, 2.75) is 18.6 Å². The quantitative estimate of drug-likeness (QED) is 0.613. The summed E-state index contributed by atoms with van der Waals surface area (Å²) in [6.45, 7) is -0.324. The second-order valence-corrected chi connectivity index (χ2v) is 4.11. The van der Waals surface area contributed by atoms with Gasteiger partial charge in [-0.3, -0.25) is 4.79 Å². The summed E-state index contributed by atoms with van der Waals surface area (Å²) in [7, 11) is 2.56. The van der Waals surface area contributed by atoms with Crippen molar-refractivity contribution in [2.24, 2.45) is 0 Å². The molecule has 2 atom stereocenters. The lowest BCUT2D eigenvalue weighted by Gasteiger charge is -2.26. The summed E-state index contributed by atoms with van der Waals surface area (Å²) >= 11 is 0. The summed E-state index contributed by atoms with van der Waals surface area (Å²) in [6.07, 6.45) is -0.866. The Morgan fingerprint density at radius 1 is 1.44 bits per heavy atom. The molecule has 1 aliphatic heterocycles. The van der Waals surface area contributed by atoms with Gasteiger partial charge in [0, 0.05) is 20.0 Å². The minimum atomic E-state index is -1.17. The monoisotopic (exact) mass is 260 g/mol. The van der Waals surface area contributed by atoms with E-state index in [1.165, 1.54) is 14.2 Å². The van der Waals surface area contributed by atoms with Crippen LogP contribution in [0.4, 0.5) is 4.79 Å². The van der Waals surface area contributed by atoms with Crippen LogP contribution in [0.2, 0.25) is 0 Å². The average Bonchev–Trinajstić information content (AvgIpc) is 2.70. The van der Waals surface area contributed by atoms with Crippen LogP contribution in [-0.4, -0.2) is 77.4 Å². The Hall–Kier alpha value is -1.83. The lowest BCUT2D eigenvalue weighted by atomic mass is 10.2. The molecule has 0 radical (unpaired) electrons. The first kappa shape index (κ1) is 14.2. The van der Waals surface area contributed by atoms with Crippen molar-refractivity contribution in [3.8, 4) is 0 Å². The summed E-state index contributed by atoms with van der Waals surface area (Å²) in [5.41, 5.74) is 0. The topological polar surface area (TPSA) is 107 Å². The number of urea groups is 1. The highest BCUT2D eigenvalue weighted by Crippen LogP contribution is 2.19. The molecule has 0 aromatic heterocycles. The van der Waals surface area contributed by atoms with Gasteiger partial charge in [-0.05, 0) is 0 Å². The third-order valence-corrected chi connectivity index (χ3v) is 2.73. The number of β-amino-alcohol motifs (C(OH)–C–C–N with tert-alkyl or cyclic N) is 1. The first-order chi connectivity index (χ1) is 8.36. The zero-order valence-corrected chi connectivity index (χ0v) is 10.2. The fourth-order valence-electron chi connectivity index (χ4n) is 1.80. The Morgan fingerprint density at radius 2 is 2.06 bits per heavy atom. The van der Waals surface area contributed by atoms with Gasteiger partial charge in [-0.25, -0.2) is 9.59 Å². The number of likely N-dealkylation sites (N-methyl/N-ethyl adjacent to an activating group) is 1. The van der Waals surface area contributed by atoms with Crippen LogP contribution >= 0.6 is 0 Å². The number of rotatable bonds is 3. The largest absolute Gasteiger partial charge is 0.480 e. The number of carbonyl (C=O) groups is 3. The molecule has 18 heavy (non-hydrogen) atoms. The van der Waals surface area contributed by atoms with Gasteiger partial charge in [0.1, 0.15) is 12.6 Å². The molecule has 2 amide bonds. The van der Waals surface area contributed by atoms with Crippen molar-refractivity contribution in [2.75, 3.05) is 27.2 Å². The van der Waals surface area contributed by atoms with Gasteiger partial charge in [0.2, 0.25) is 0 Å². The molecule has 2 N–H and O–H groups in total. The zero-order chi connectivity index (χ0) is 13.9. The van der Waals surface area contributed by atoms with Crippen molar-refractivity contribution in [1.29, 1.82) is 0 Å². The van der Waals surface area contributed by atoms with Crippen molar-refractivity contribution >= 4 is 18.0 Å². The summed E-state index contributed by atoms with van der Waals surface area (Å²) in [4.78, 5) is 36.0. The van der Waals surface area contributed by atoms with Crippen molar-refractivity contribution in [3.05, 3.63) is 0 Å². The molecule has 0 bridgehead atoms. The van der Waals surface area contributed by atoms with Gasteiger partial charge in [0.15, 0.2) is 0 Å². The molecule has 1 unspecified atom stereocenters. The van der Waals surface area contributed by atoms with E-state index in [0.717, 1.165) is 9.80 Å². The Labute approximate surface area is 104 Å². The molecule has 1 aliphatic rings. The molecule has 8 heteroatoms. The fraction of sp³-hybridized carbons (Fsp3) is 0.700. The first-order valence-electron chi connectivity index (χ1n) is 5.36. The van der Waals surface area contributed by atoms with E-state index in [1.807, 2.05) is 0 Å². The number of ether oxygens (including phenoxy) is 1. The number of carbonyl (C=O) groups excluding carboxylic acids is 2. The molecule has 8 nitrogen and oxygen atoms in total. The second-order valence-electron chi connectivity index (χ2n) is 4.11. The highest BCUT2D eigenvalue weighted by atomic mass is 16.5. The number of carboxylic acids is 1. The number of methoxy groups -OCH3 is 1. The predicted octanol–water partition coefficient (Wildman–Crippen LogP) is -1.27. The van der Waals surface area contributed by atoms with Crippen molar-refractivity contribution in [1.82, 2.24) is 9.80 Å². The van der Waals surface area contributed by atoms with Crippen LogP contribution in [0, 0.1) is 0 Å². The van der Waals surface area contributed by atoms with Crippen LogP contribution in [0.15, 0.2) is 0 Å². The lowest BCUT2D eigenvalue weighted by molar-refractivity contribution is -0.141. The SMILES string of the molecule is COC(=O)CN(C)C(=O)N1CC(O)C[C@H]1C(=O)O. The second kappa shape index (κ2) is 5.67. The number of aliphatic hydroxyl groups is 1. The lowest BCUT2D eigenvalue weighted by Crippen LogP contribution is -2.48. The van der Waals surface area contributed by atoms with Gasteiger partial charge in [0.25, 0.3) is 0 Å². The van der Waals surface area contributed by atoms with E-state index in [1.54, 1.807) is 0 Å². The van der Waals surface area contributed by atoms with E-state index in [9.17, 15) is 19.5 Å². The van der Waals surface area contributed by atoms with Crippen LogP contribution < -0.4 is 0 Å². The standard InChI is InChI=1S/C10H16N2O6/c1-11(5-8(14)18-2)10(17)12-4-6(13)3-7(12)9(15)16/h6-7,13H,3-5H2,1-2H3,(H,15,16)/t6?,7-/m0/s1. The maximum atomic E-state index is 11.9. The minimum absolute atomic E-state index is 0.00681. The summed E-state index contributed by atoms with van der Waals surface area (Å²) < 4.78 is 4.41. The molecular formula is C10H16N2O6. The normalized spacial score (nSPS) is 22.7. The number of amides is 2. The predicted molar refractivity (Wildman–Crippen MR) is 58.8 cm³/mol. The van der Waals surface area contributed by atoms with E-state index < -0.39 is 30.1 Å². The number of aliphatic carboxylic acids is 1. The number of nitrogens with zero attached hydrogens (tertiary/aromatic N) is 2. The molecule has 0 aromatic rings. The Kier molecular flexibility index (Phi) is 4.49. The van der Waals surface area contributed by atoms with Crippen LogP contribution in [0.1, 0.15) is 6.42 Å². The molecule has 0 aliphatic carbocycles. The zero-order valence-electron chi connectivity index (χ0n) is 10.2. The van der Waals surface area contributed by atoms with E-state index in [-0.39, 0.29) is 19.5 Å². The van der Waals surface area contributed by atoms with Gasteiger partial charge < -0.3 is 24.7 Å². The fourth-order valence-corrected chi connectivity index (χ4v) is 1.80. The van der Waals surface area contributed by atoms with Crippen LogP contribution in [0.25, 0.3) is 0 Å². The molecule has 1 rings (SSSR count). The number of esters is 1. The summed E-state index contributed by atoms with van der Waals surface area (Å²) in [6, 6.07) is -1.68. The van der Waals surface area contributed by atoms with Crippen LogP contribution in [-0.2, 0) is 14.3 Å². The maximum absolute atomic E-state index is 11.9. The van der Waals surface area contributed by atoms with Gasteiger partial charge in [-0.15, -0.1) is 0 Å². The molecule has 102 valence electrons. The van der Waals surface area contributed by atoms with Crippen LogP contribution in [0.5, 0.6) is 0 Å². The highest BCUT2D eigenvalue weighted by molar-refractivity contribution is 5.85. The van der Waals surface area contributed by atoms with Gasteiger partial charge >= 0.3 is 18.0 Å². The molecule has 1 heterocycles. The number of aliphatic hydroxyl groups excluding tert-OH is 1. The Morgan fingerprint density at radius 3 is 2.56 bits per heavy atom. The molecular weight excluding hydrogens is 244 g/mol. The maximum Gasteiger partial charge on any atom is 0.326 e. The molecule has 0 spiro atoms. The smallest absolute Gasteiger partial charge is 0.326 e. The summed E-state index contributed by atoms with van der Waals surface area (Å²) in [5.74, 6) is -1.77. The highest BCUT2D eigenvalue weighted by Gasteiger charge is 2.40. The van der Waals surface area contributed by atoms with Crippen LogP contribution in [0.3, 0.4) is 0 Å². The van der Waals surface area contributed by atoms with Crippen molar-refractivity contribution < 1.29 is 29.3 Å². The van der Waals surface area contributed by atoms with E-state index >= 15 is 0 Å².